The zero-order valence-electron chi connectivity index (χ0n) is 19.1. The lowest BCUT2D eigenvalue weighted by Gasteiger charge is -2.36. The highest BCUT2D eigenvalue weighted by molar-refractivity contribution is 5.72. The van der Waals surface area contributed by atoms with Crippen LogP contribution in [0.5, 0.6) is 5.75 Å². The number of anilines is 2. The monoisotopic (exact) mass is 439 g/mol. The van der Waals surface area contributed by atoms with Gasteiger partial charge in [-0.25, -0.2) is 9.50 Å². The van der Waals surface area contributed by atoms with E-state index in [0.29, 0.717) is 11.9 Å². The predicted molar refractivity (Wildman–Crippen MR) is 131 cm³/mol. The van der Waals surface area contributed by atoms with Crippen LogP contribution in [0.1, 0.15) is 37.2 Å². The molecule has 2 aliphatic heterocycles. The van der Waals surface area contributed by atoms with Crippen LogP contribution in [0, 0.1) is 0 Å². The van der Waals surface area contributed by atoms with E-state index in [0.717, 1.165) is 40.3 Å². The highest BCUT2D eigenvalue weighted by Crippen LogP contribution is 2.42. The molecule has 1 N–H and O–H groups in total. The first-order chi connectivity index (χ1) is 16.2. The molecule has 2 saturated heterocycles. The summed E-state index contributed by atoms with van der Waals surface area (Å²) in [6, 6.07) is 22.4. The number of piperidine rings is 1. The van der Waals surface area contributed by atoms with Crippen LogP contribution in [0.3, 0.4) is 0 Å². The van der Waals surface area contributed by atoms with Gasteiger partial charge in [0.25, 0.3) is 0 Å². The van der Waals surface area contributed by atoms with E-state index in [1.54, 1.807) is 7.11 Å². The zero-order valence-corrected chi connectivity index (χ0v) is 19.1. The topological polar surface area (TPSA) is 54.7 Å². The van der Waals surface area contributed by atoms with E-state index in [4.69, 9.17) is 9.84 Å². The normalized spacial score (nSPS) is 22.5. The minimum absolute atomic E-state index is 0.569. The number of fused-ring (bicyclic) bond motifs is 3. The molecule has 168 valence electrons. The summed E-state index contributed by atoms with van der Waals surface area (Å²) in [4.78, 5) is 7.12. The van der Waals surface area contributed by atoms with Gasteiger partial charge in [0.1, 0.15) is 5.75 Å². The van der Waals surface area contributed by atoms with Crippen molar-refractivity contribution in [3.8, 4) is 17.0 Å². The molecular formula is C27H29N5O. The SMILES string of the molecule is COc1ccccc1-c1ccc2cnc(Nc3ccc(C4CC5CCC(C4)N5C)cc3)nn12. The fraction of sp³-hybridized carbons (Fsp3) is 0.333. The lowest BCUT2D eigenvalue weighted by atomic mass is 9.85. The Kier molecular flexibility index (Phi) is 5.03. The molecule has 6 nitrogen and oxygen atoms in total. The van der Waals surface area contributed by atoms with Gasteiger partial charge in [-0.15, -0.1) is 5.10 Å². The molecule has 6 heteroatoms. The van der Waals surface area contributed by atoms with Crippen molar-refractivity contribution in [3.05, 3.63) is 72.4 Å². The summed E-state index contributed by atoms with van der Waals surface area (Å²) in [5.74, 6) is 2.06. The molecule has 2 aromatic heterocycles. The molecule has 6 rings (SSSR count). The second kappa shape index (κ2) is 8.19. The van der Waals surface area contributed by atoms with Crippen LogP contribution in [-0.4, -0.2) is 45.7 Å². The Morgan fingerprint density at radius 2 is 1.70 bits per heavy atom. The molecule has 33 heavy (non-hydrogen) atoms. The predicted octanol–water partition coefficient (Wildman–Crippen LogP) is 5.49. The number of hydrogen-bond donors (Lipinski definition) is 1. The van der Waals surface area contributed by atoms with Gasteiger partial charge in [-0.05, 0) is 80.6 Å². The number of nitrogens with one attached hydrogen (secondary N) is 1. The van der Waals surface area contributed by atoms with Gasteiger partial charge in [0, 0.05) is 23.3 Å². The van der Waals surface area contributed by atoms with Crippen molar-refractivity contribution in [2.45, 2.75) is 43.7 Å². The number of hydrogen-bond acceptors (Lipinski definition) is 5. The summed E-state index contributed by atoms with van der Waals surface area (Å²) >= 11 is 0. The van der Waals surface area contributed by atoms with Crippen molar-refractivity contribution in [3.63, 3.8) is 0 Å². The van der Waals surface area contributed by atoms with Gasteiger partial charge in [0.05, 0.1) is 24.5 Å². The quantitative estimate of drug-likeness (QED) is 0.446. The third kappa shape index (κ3) is 3.64. The maximum atomic E-state index is 5.55. The Balaban J connectivity index is 1.23. The van der Waals surface area contributed by atoms with Gasteiger partial charge in [0.15, 0.2) is 0 Å². The van der Waals surface area contributed by atoms with E-state index < -0.39 is 0 Å². The minimum Gasteiger partial charge on any atom is -0.496 e. The van der Waals surface area contributed by atoms with Crippen LogP contribution in [0.25, 0.3) is 16.8 Å². The van der Waals surface area contributed by atoms with Crippen molar-refractivity contribution >= 4 is 17.2 Å². The summed E-state index contributed by atoms with van der Waals surface area (Å²) in [7, 11) is 3.99. The molecule has 2 unspecified atom stereocenters. The van der Waals surface area contributed by atoms with E-state index in [1.165, 1.54) is 31.2 Å². The fourth-order valence-corrected chi connectivity index (χ4v) is 5.67. The molecule has 2 bridgehead atoms. The maximum absolute atomic E-state index is 5.55. The van der Waals surface area contributed by atoms with Crippen molar-refractivity contribution in [2.24, 2.45) is 0 Å². The first-order valence-corrected chi connectivity index (χ1v) is 11.8. The fourth-order valence-electron chi connectivity index (χ4n) is 5.67. The van der Waals surface area contributed by atoms with Gasteiger partial charge >= 0.3 is 0 Å². The highest BCUT2D eigenvalue weighted by atomic mass is 16.5. The van der Waals surface area contributed by atoms with E-state index >= 15 is 0 Å². The van der Waals surface area contributed by atoms with Crippen molar-refractivity contribution in [1.29, 1.82) is 0 Å². The summed E-state index contributed by atoms with van der Waals surface area (Å²) in [5, 5.41) is 8.14. The third-order valence-electron chi connectivity index (χ3n) is 7.52. The van der Waals surface area contributed by atoms with Crippen LogP contribution in [0.15, 0.2) is 66.9 Å². The van der Waals surface area contributed by atoms with Crippen LogP contribution >= 0.6 is 0 Å². The zero-order chi connectivity index (χ0) is 22.4. The van der Waals surface area contributed by atoms with Gasteiger partial charge < -0.3 is 15.0 Å². The van der Waals surface area contributed by atoms with Gasteiger partial charge in [-0.2, -0.15) is 0 Å². The second-order valence-corrected chi connectivity index (χ2v) is 9.30. The number of nitrogens with zero attached hydrogens (tertiary/aromatic N) is 4. The molecule has 0 aliphatic carbocycles. The summed E-state index contributed by atoms with van der Waals surface area (Å²) in [5.41, 5.74) is 5.36. The Morgan fingerprint density at radius 1 is 0.939 bits per heavy atom. The molecule has 4 aromatic rings. The number of benzene rings is 2. The molecule has 0 spiro atoms. The summed E-state index contributed by atoms with van der Waals surface area (Å²) in [6.45, 7) is 0. The average molecular weight is 440 g/mol. The largest absolute Gasteiger partial charge is 0.496 e. The summed E-state index contributed by atoms with van der Waals surface area (Å²) < 4.78 is 7.47. The Bertz CT molecular complexity index is 1270. The highest BCUT2D eigenvalue weighted by Gasteiger charge is 2.38. The molecule has 2 aliphatic rings. The molecule has 0 radical (unpaired) electrons. The van der Waals surface area contributed by atoms with Crippen molar-refractivity contribution < 1.29 is 4.74 Å². The van der Waals surface area contributed by atoms with Crippen LogP contribution in [0.4, 0.5) is 11.6 Å². The van der Waals surface area contributed by atoms with Crippen LogP contribution in [-0.2, 0) is 0 Å². The second-order valence-electron chi connectivity index (χ2n) is 9.30. The standard InChI is InChI=1S/C27H29N5O/c1-31-21-11-12-22(31)16-19(15-21)18-7-9-20(10-8-18)29-27-28-17-23-13-14-25(32(23)30-27)24-5-3-4-6-26(24)33-2/h3-10,13-14,17,19,21-22H,11-12,15-16H2,1-2H3,(H,29,30). The minimum atomic E-state index is 0.569. The average Bonchev–Trinajstić information content (AvgIpc) is 3.33. The molecule has 2 atom stereocenters. The Hall–Kier alpha value is -3.38. The smallest absolute Gasteiger partial charge is 0.245 e. The number of rotatable bonds is 5. The molecule has 2 fully saturated rings. The molecular weight excluding hydrogens is 410 g/mol. The molecule has 0 amide bonds. The lowest BCUT2D eigenvalue weighted by Crippen LogP contribution is -2.39. The number of methoxy groups -OCH3 is 1. The van der Waals surface area contributed by atoms with Gasteiger partial charge in [0.2, 0.25) is 5.95 Å². The lowest BCUT2D eigenvalue weighted by molar-refractivity contribution is 0.161. The van der Waals surface area contributed by atoms with Gasteiger partial charge in [-0.1, -0.05) is 24.3 Å². The van der Waals surface area contributed by atoms with Crippen LogP contribution < -0.4 is 10.1 Å². The van der Waals surface area contributed by atoms with E-state index in [1.807, 2.05) is 41.0 Å². The number of para-hydroxylation sites is 1. The van der Waals surface area contributed by atoms with E-state index in [2.05, 4.69) is 52.6 Å². The molecule has 0 saturated carbocycles. The molecule has 4 heterocycles. The van der Waals surface area contributed by atoms with Crippen LogP contribution in [0.2, 0.25) is 0 Å². The van der Waals surface area contributed by atoms with E-state index in [-0.39, 0.29) is 0 Å². The maximum Gasteiger partial charge on any atom is 0.245 e. The van der Waals surface area contributed by atoms with Crippen molar-refractivity contribution in [2.75, 3.05) is 19.5 Å². The Labute approximate surface area is 194 Å². The number of aromatic nitrogens is 3. The first kappa shape index (κ1) is 20.2. The summed E-state index contributed by atoms with van der Waals surface area (Å²) in [6.07, 6.45) is 7.11. The Morgan fingerprint density at radius 3 is 2.45 bits per heavy atom. The van der Waals surface area contributed by atoms with E-state index in [9.17, 15) is 0 Å². The third-order valence-corrected chi connectivity index (χ3v) is 7.52. The first-order valence-electron chi connectivity index (χ1n) is 11.8. The number of ether oxygens (including phenoxy) is 1. The molecule has 2 aromatic carbocycles. The van der Waals surface area contributed by atoms with Gasteiger partial charge in [-0.3, -0.25) is 0 Å². The van der Waals surface area contributed by atoms with Crippen molar-refractivity contribution in [1.82, 2.24) is 19.5 Å².